The van der Waals surface area contributed by atoms with E-state index in [2.05, 4.69) is 11.1 Å². The second kappa shape index (κ2) is 5.52. The highest BCUT2D eigenvalue weighted by molar-refractivity contribution is 6.30. The summed E-state index contributed by atoms with van der Waals surface area (Å²) in [5.41, 5.74) is 2.53. The topological polar surface area (TPSA) is 39.9 Å². The fraction of sp³-hybridized carbons (Fsp3) is 0.143. The van der Waals surface area contributed by atoms with E-state index in [1.807, 2.05) is 36.2 Å². The first-order valence-electron chi connectivity index (χ1n) is 5.51. The van der Waals surface area contributed by atoms with Gasteiger partial charge in [-0.1, -0.05) is 17.7 Å². The molecule has 0 aliphatic heterocycles. The van der Waals surface area contributed by atoms with E-state index in [0.29, 0.717) is 17.1 Å². The minimum atomic E-state index is 0.648. The van der Waals surface area contributed by atoms with E-state index < -0.39 is 0 Å². The van der Waals surface area contributed by atoms with Crippen molar-refractivity contribution in [2.75, 3.05) is 11.9 Å². The number of hydrogen-bond acceptors (Lipinski definition) is 3. The van der Waals surface area contributed by atoms with E-state index >= 15 is 0 Å². The number of rotatable bonds is 3. The van der Waals surface area contributed by atoms with Crippen LogP contribution < -0.4 is 4.90 Å². The number of pyridine rings is 1. The molecule has 2 aromatic rings. The first kappa shape index (κ1) is 12.4. The quantitative estimate of drug-likeness (QED) is 0.847. The highest BCUT2D eigenvalue weighted by Gasteiger charge is 2.04. The van der Waals surface area contributed by atoms with Crippen LogP contribution in [0.15, 0.2) is 42.6 Å². The minimum Gasteiger partial charge on any atom is -0.369 e. The van der Waals surface area contributed by atoms with Crippen LogP contribution in [0.25, 0.3) is 0 Å². The first-order valence-corrected chi connectivity index (χ1v) is 5.88. The molecule has 0 aliphatic carbocycles. The molecule has 4 heteroatoms. The third-order valence-electron chi connectivity index (χ3n) is 2.59. The first-order chi connectivity index (χ1) is 8.69. The molecule has 0 spiro atoms. The van der Waals surface area contributed by atoms with Gasteiger partial charge in [0, 0.05) is 24.0 Å². The van der Waals surface area contributed by atoms with Crippen LogP contribution in [-0.2, 0) is 6.54 Å². The number of benzene rings is 1. The second-order valence-electron chi connectivity index (χ2n) is 3.98. The molecule has 0 radical (unpaired) electrons. The lowest BCUT2D eigenvalue weighted by Gasteiger charge is -2.19. The lowest BCUT2D eigenvalue weighted by Crippen LogP contribution is -2.17. The summed E-state index contributed by atoms with van der Waals surface area (Å²) in [4.78, 5) is 6.28. The van der Waals surface area contributed by atoms with Crippen molar-refractivity contribution in [3.05, 3.63) is 58.9 Å². The van der Waals surface area contributed by atoms with E-state index in [-0.39, 0.29) is 0 Å². The van der Waals surface area contributed by atoms with E-state index in [0.717, 1.165) is 11.4 Å². The third-order valence-corrected chi connectivity index (χ3v) is 2.83. The van der Waals surface area contributed by atoms with Crippen molar-refractivity contribution >= 4 is 17.3 Å². The van der Waals surface area contributed by atoms with Crippen LogP contribution in [0.5, 0.6) is 0 Å². The molecule has 0 bridgehead atoms. The monoisotopic (exact) mass is 257 g/mol. The van der Waals surface area contributed by atoms with Gasteiger partial charge in [0.15, 0.2) is 0 Å². The number of anilines is 1. The van der Waals surface area contributed by atoms with Gasteiger partial charge >= 0.3 is 0 Å². The number of hydrogen-bond donors (Lipinski definition) is 0. The van der Waals surface area contributed by atoms with Crippen LogP contribution in [0.3, 0.4) is 0 Å². The number of halogens is 1. The molecule has 3 nitrogen and oxygen atoms in total. The van der Waals surface area contributed by atoms with Gasteiger partial charge in [-0.05, 0) is 30.3 Å². The predicted octanol–water partition coefficient (Wildman–Crippen LogP) is 3.24. The Hall–Kier alpha value is -2.05. The molecule has 0 amide bonds. The van der Waals surface area contributed by atoms with E-state index in [1.165, 1.54) is 0 Å². The molecule has 0 fully saturated rings. The second-order valence-corrected chi connectivity index (χ2v) is 4.42. The molecule has 90 valence electrons. The smallest absolute Gasteiger partial charge is 0.0992 e. The lowest BCUT2D eigenvalue weighted by atomic mass is 10.2. The molecule has 18 heavy (non-hydrogen) atoms. The molecule has 2 rings (SSSR count). The molecule has 0 atom stereocenters. The molecule has 0 aliphatic rings. The Kier molecular flexibility index (Phi) is 3.81. The average Bonchev–Trinajstić information content (AvgIpc) is 2.39. The number of nitrogens with zero attached hydrogens (tertiary/aromatic N) is 3. The van der Waals surface area contributed by atoms with Crippen molar-refractivity contribution in [1.82, 2.24) is 4.98 Å². The Morgan fingerprint density at radius 3 is 2.89 bits per heavy atom. The molecule has 1 aromatic heterocycles. The molecule has 1 heterocycles. The Bertz CT molecular complexity index is 590. The van der Waals surface area contributed by atoms with Gasteiger partial charge in [0.25, 0.3) is 0 Å². The van der Waals surface area contributed by atoms with Crippen molar-refractivity contribution in [1.29, 1.82) is 5.26 Å². The summed E-state index contributed by atoms with van der Waals surface area (Å²) in [5.74, 6) is 0. The molecular weight excluding hydrogens is 246 g/mol. The normalized spacial score (nSPS) is 9.83. The summed E-state index contributed by atoms with van der Waals surface area (Å²) in [5, 5.41) is 9.55. The molecular formula is C14H12ClN3. The van der Waals surface area contributed by atoms with Gasteiger partial charge in [-0.15, -0.1) is 0 Å². The van der Waals surface area contributed by atoms with Gasteiger partial charge in [-0.2, -0.15) is 5.26 Å². The lowest BCUT2D eigenvalue weighted by molar-refractivity contribution is 0.885. The zero-order valence-electron chi connectivity index (χ0n) is 9.97. The Labute approximate surface area is 111 Å². The van der Waals surface area contributed by atoms with Crippen molar-refractivity contribution in [3.8, 4) is 6.07 Å². The zero-order chi connectivity index (χ0) is 13.0. The van der Waals surface area contributed by atoms with E-state index in [9.17, 15) is 0 Å². The average molecular weight is 258 g/mol. The SMILES string of the molecule is CN(Cc1cc(Cl)ccn1)c1cccc(C#N)c1. The highest BCUT2D eigenvalue weighted by Crippen LogP contribution is 2.17. The molecule has 0 saturated carbocycles. The predicted molar refractivity (Wildman–Crippen MR) is 72.5 cm³/mol. The van der Waals surface area contributed by atoms with Gasteiger partial charge in [0.1, 0.15) is 0 Å². The van der Waals surface area contributed by atoms with Crippen LogP contribution in [0.2, 0.25) is 5.02 Å². The highest BCUT2D eigenvalue weighted by atomic mass is 35.5. The third kappa shape index (κ3) is 2.99. The summed E-state index contributed by atoms with van der Waals surface area (Å²) in [6.07, 6.45) is 1.69. The standard InChI is InChI=1S/C14H12ClN3/c1-18(10-13-8-12(15)5-6-17-13)14-4-2-3-11(7-14)9-16/h2-8H,10H2,1H3. The largest absolute Gasteiger partial charge is 0.369 e. The fourth-order valence-corrected chi connectivity index (χ4v) is 1.86. The van der Waals surface area contributed by atoms with Crippen LogP contribution in [0.1, 0.15) is 11.3 Å². The van der Waals surface area contributed by atoms with Gasteiger partial charge in [0.2, 0.25) is 0 Å². The zero-order valence-corrected chi connectivity index (χ0v) is 10.7. The Morgan fingerprint density at radius 1 is 1.33 bits per heavy atom. The minimum absolute atomic E-state index is 0.648. The maximum absolute atomic E-state index is 8.87. The summed E-state index contributed by atoms with van der Waals surface area (Å²) in [7, 11) is 1.96. The van der Waals surface area contributed by atoms with Gasteiger partial charge in [-0.25, -0.2) is 0 Å². The van der Waals surface area contributed by atoms with Crippen molar-refractivity contribution in [3.63, 3.8) is 0 Å². The van der Waals surface area contributed by atoms with Crippen LogP contribution in [-0.4, -0.2) is 12.0 Å². The fourth-order valence-electron chi connectivity index (χ4n) is 1.68. The van der Waals surface area contributed by atoms with Crippen molar-refractivity contribution in [2.45, 2.75) is 6.54 Å². The van der Waals surface area contributed by atoms with Gasteiger partial charge in [0.05, 0.1) is 23.9 Å². The Balaban J connectivity index is 2.17. The van der Waals surface area contributed by atoms with E-state index in [4.69, 9.17) is 16.9 Å². The van der Waals surface area contributed by atoms with Crippen molar-refractivity contribution in [2.24, 2.45) is 0 Å². The molecule has 0 unspecified atom stereocenters. The van der Waals surface area contributed by atoms with Gasteiger partial charge < -0.3 is 4.90 Å². The number of aromatic nitrogens is 1. The van der Waals surface area contributed by atoms with Crippen LogP contribution >= 0.6 is 11.6 Å². The maximum Gasteiger partial charge on any atom is 0.0992 e. The molecule has 1 aromatic carbocycles. The maximum atomic E-state index is 8.87. The van der Waals surface area contributed by atoms with Crippen molar-refractivity contribution < 1.29 is 0 Å². The molecule has 0 saturated heterocycles. The van der Waals surface area contributed by atoms with Crippen LogP contribution in [0.4, 0.5) is 5.69 Å². The summed E-state index contributed by atoms with van der Waals surface area (Å²) >= 11 is 5.92. The Morgan fingerprint density at radius 2 is 2.17 bits per heavy atom. The number of nitriles is 1. The van der Waals surface area contributed by atoms with E-state index in [1.54, 1.807) is 18.3 Å². The van der Waals surface area contributed by atoms with Gasteiger partial charge in [-0.3, -0.25) is 4.98 Å². The molecule has 0 N–H and O–H groups in total. The summed E-state index contributed by atoms with van der Waals surface area (Å²) < 4.78 is 0. The summed E-state index contributed by atoms with van der Waals surface area (Å²) in [6.45, 7) is 0.648. The summed E-state index contributed by atoms with van der Waals surface area (Å²) in [6, 6.07) is 13.2. The van der Waals surface area contributed by atoms with Crippen LogP contribution in [0, 0.1) is 11.3 Å².